The van der Waals surface area contributed by atoms with Gasteiger partial charge in [-0.3, -0.25) is 4.90 Å². The van der Waals surface area contributed by atoms with Crippen LogP contribution < -0.4 is 4.74 Å². The smallest absolute Gasteiger partial charge is 0.246 e. The number of nitrogens with zero attached hydrogens (tertiary/aromatic N) is 2. The first-order valence-electron chi connectivity index (χ1n) is 7.83. The van der Waals surface area contributed by atoms with E-state index in [1.165, 1.54) is 20.0 Å². The summed E-state index contributed by atoms with van der Waals surface area (Å²) in [4.78, 5) is 2.70. The Kier molecular flexibility index (Phi) is 4.18. The van der Waals surface area contributed by atoms with Gasteiger partial charge in [-0.2, -0.15) is 4.31 Å². The number of benzene rings is 1. The normalized spacial score (nSPS) is 21.0. The van der Waals surface area contributed by atoms with Gasteiger partial charge in [0.05, 0.1) is 7.11 Å². The summed E-state index contributed by atoms with van der Waals surface area (Å²) in [6, 6.07) is 4.24. The van der Waals surface area contributed by atoms with Crippen molar-refractivity contribution < 1.29 is 13.2 Å². The van der Waals surface area contributed by atoms with Gasteiger partial charge in [0, 0.05) is 32.2 Å². The number of aryl methyl sites for hydroxylation is 2. The number of sulfonamides is 1. The molecule has 0 amide bonds. The minimum atomic E-state index is -3.49. The highest BCUT2D eigenvalue weighted by atomic mass is 32.2. The van der Waals surface area contributed by atoms with E-state index in [1.54, 1.807) is 10.4 Å². The molecule has 6 heteroatoms. The third-order valence-electron chi connectivity index (χ3n) is 4.73. The van der Waals surface area contributed by atoms with Gasteiger partial charge >= 0.3 is 0 Å². The molecule has 122 valence electrons. The standard InChI is InChI=1S/C16H24N2O3S/c1-12-10-15(21-3)16(11-13(12)2)22(19,20)18-8-6-17(7-9-18)14-4-5-14/h10-11,14H,4-9H2,1-3H3. The second kappa shape index (κ2) is 5.83. The maximum atomic E-state index is 13.0. The summed E-state index contributed by atoms with van der Waals surface area (Å²) in [5, 5.41) is 0. The van der Waals surface area contributed by atoms with Gasteiger partial charge in [0.1, 0.15) is 10.6 Å². The van der Waals surface area contributed by atoms with Crippen LogP contribution in [0, 0.1) is 13.8 Å². The Bertz CT molecular complexity index is 660. The fourth-order valence-electron chi connectivity index (χ4n) is 3.01. The van der Waals surface area contributed by atoms with E-state index < -0.39 is 10.0 Å². The molecule has 0 bridgehead atoms. The van der Waals surface area contributed by atoms with E-state index in [1.807, 2.05) is 19.9 Å². The van der Waals surface area contributed by atoms with Crippen molar-refractivity contribution in [2.24, 2.45) is 0 Å². The van der Waals surface area contributed by atoms with Crippen molar-refractivity contribution in [2.75, 3.05) is 33.3 Å². The van der Waals surface area contributed by atoms with Crippen molar-refractivity contribution in [1.29, 1.82) is 0 Å². The van der Waals surface area contributed by atoms with Gasteiger partial charge in [-0.1, -0.05) is 0 Å². The summed E-state index contributed by atoms with van der Waals surface area (Å²) in [6.45, 7) is 6.68. The van der Waals surface area contributed by atoms with Crippen LogP contribution in [-0.4, -0.2) is 57.0 Å². The van der Waals surface area contributed by atoms with Crippen molar-refractivity contribution in [3.8, 4) is 5.75 Å². The average Bonchev–Trinajstić information content (AvgIpc) is 3.34. The molecule has 1 saturated heterocycles. The molecule has 1 aromatic carbocycles. The first-order valence-corrected chi connectivity index (χ1v) is 9.27. The Morgan fingerprint density at radius 2 is 1.64 bits per heavy atom. The lowest BCUT2D eigenvalue weighted by molar-refractivity contribution is 0.180. The van der Waals surface area contributed by atoms with Crippen molar-refractivity contribution in [3.05, 3.63) is 23.3 Å². The molecule has 22 heavy (non-hydrogen) atoms. The highest BCUT2D eigenvalue weighted by Gasteiger charge is 2.35. The van der Waals surface area contributed by atoms with Crippen LogP contribution >= 0.6 is 0 Å². The predicted octanol–water partition coefficient (Wildman–Crippen LogP) is 1.78. The van der Waals surface area contributed by atoms with Crippen LogP contribution in [-0.2, 0) is 10.0 Å². The van der Waals surface area contributed by atoms with Gasteiger partial charge in [-0.05, 0) is 49.9 Å². The van der Waals surface area contributed by atoms with E-state index in [-0.39, 0.29) is 4.90 Å². The summed E-state index contributed by atoms with van der Waals surface area (Å²) in [7, 11) is -1.97. The number of methoxy groups -OCH3 is 1. The van der Waals surface area contributed by atoms with Gasteiger partial charge < -0.3 is 4.74 Å². The third-order valence-corrected chi connectivity index (χ3v) is 6.65. The third kappa shape index (κ3) is 2.87. The van der Waals surface area contributed by atoms with E-state index in [2.05, 4.69) is 4.90 Å². The minimum absolute atomic E-state index is 0.290. The number of hydrogen-bond donors (Lipinski definition) is 0. The van der Waals surface area contributed by atoms with Crippen molar-refractivity contribution in [3.63, 3.8) is 0 Å². The van der Waals surface area contributed by atoms with E-state index in [0.29, 0.717) is 24.9 Å². The molecule has 0 atom stereocenters. The SMILES string of the molecule is COc1cc(C)c(C)cc1S(=O)(=O)N1CCN(C2CC2)CC1. The van der Waals surface area contributed by atoms with Crippen LogP contribution in [0.5, 0.6) is 5.75 Å². The molecule has 1 aliphatic carbocycles. The minimum Gasteiger partial charge on any atom is -0.495 e. The van der Waals surface area contributed by atoms with Crippen molar-refractivity contribution in [2.45, 2.75) is 37.6 Å². The first-order chi connectivity index (χ1) is 10.4. The molecule has 1 aliphatic heterocycles. The number of piperazine rings is 1. The molecule has 0 spiro atoms. The molecule has 3 rings (SSSR count). The predicted molar refractivity (Wildman–Crippen MR) is 85.8 cm³/mol. The van der Waals surface area contributed by atoms with Crippen LogP contribution in [0.25, 0.3) is 0 Å². The zero-order valence-electron chi connectivity index (χ0n) is 13.5. The lowest BCUT2D eigenvalue weighted by Gasteiger charge is -2.34. The van der Waals surface area contributed by atoms with E-state index in [9.17, 15) is 8.42 Å². The quantitative estimate of drug-likeness (QED) is 0.847. The second-order valence-electron chi connectivity index (χ2n) is 6.26. The summed E-state index contributed by atoms with van der Waals surface area (Å²) < 4.78 is 32.8. The molecule has 1 heterocycles. The highest BCUT2D eigenvalue weighted by molar-refractivity contribution is 7.89. The lowest BCUT2D eigenvalue weighted by atomic mass is 10.1. The largest absolute Gasteiger partial charge is 0.495 e. The summed E-state index contributed by atoms with van der Waals surface area (Å²) in [6.07, 6.45) is 2.52. The maximum Gasteiger partial charge on any atom is 0.246 e. The van der Waals surface area contributed by atoms with Gasteiger partial charge in [0.25, 0.3) is 0 Å². The molecule has 5 nitrogen and oxygen atoms in total. The van der Waals surface area contributed by atoms with Gasteiger partial charge in [0.2, 0.25) is 10.0 Å². The topological polar surface area (TPSA) is 49.9 Å². The Labute approximate surface area is 132 Å². The molecular formula is C16H24N2O3S. The van der Waals surface area contributed by atoms with E-state index in [4.69, 9.17) is 4.74 Å². The van der Waals surface area contributed by atoms with E-state index >= 15 is 0 Å². The van der Waals surface area contributed by atoms with Crippen LogP contribution in [0.4, 0.5) is 0 Å². The van der Waals surface area contributed by atoms with Gasteiger partial charge in [-0.25, -0.2) is 8.42 Å². The summed E-state index contributed by atoms with van der Waals surface area (Å²) in [5.74, 6) is 0.438. The first kappa shape index (κ1) is 15.8. The highest BCUT2D eigenvalue weighted by Crippen LogP contribution is 2.32. The molecule has 0 radical (unpaired) electrons. The average molecular weight is 324 g/mol. The summed E-state index contributed by atoms with van der Waals surface area (Å²) >= 11 is 0. The molecule has 0 aromatic heterocycles. The fraction of sp³-hybridized carbons (Fsp3) is 0.625. The Hall–Kier alpha value is -1.11. The maximum absolute atomic E-state index is 13.0. The molecule has 2 fully saturated rings. The zero-order valence-corrected chi connectivity index (χ0v) is 14.3. The monoisotopic (exact) mass is 324 g/mol. The molecule has 0 N–H and O–H groups in total. The Balaban J connectivity index is 1.85. The van der Waals surface area contributed by atoms with Crippen molar-refractivity contribution >= 4 is 10.0 Å². The number of hydrogen-bond acceptors (Lipinski definition) is 4. The lowest BCUT2D eigenvalue weighted by Crippen LogP contribution is -2.49. The van der Waals surface area contributed by atoms with Gasteiger partial charge in [0.15, 0.2) is 0 Å². The van der Waals surface area contributed by atoms with Crippen LogP contribution in [0.3, 0.4) is 0 Å². The molecule has 2 aliphatic rings. The second-order valence-corrected chi connectivity index (χ2v) is 8.16. The molecule has 1 saturated carbocycles. The number of ether oxygens (including phenoxy) is 1. The number of rotatable bonds is 4. The fourth-order valence-corrected chi connectivity index (χ4v) is 4.66. The zero-order chi connectivity index (χ0) is 15.9. The van der Waals surface area contributed by atoms with Crippen LogP contribution in [0.15, 0.2) is 17.0 Å². The molecule has 0 unspecified atom stereocenters. The van der Waals surface area contributed by atoms with Crippen LogP contribution in [0.1, 0.15) is 24.0 Å². The van der Waals surface area contributed by atoms with Crippen LogP contribution in [0.2, 0.25) is 0 Å². The van der Waals surface area contributed by atoms with Crippen molar-refractivity contribution in [1.82, 2.24) is 9.21 Å². The molecular weight excluding hydrogens is 300 g/mol. The van der Waals surface area contributed by atoms with Gasteiger partial charge in [-0.15, -0.1) is 0 Å². The van der Waals surface area contributed by atoms with E-state index in [0.717, 1.165) is 24.2 Å². The molecule has 1 aromatic rings. The summed E-state index contributed by atoms with van der Waals surface area (Å²) in [5.41, 5.74) is 2.00. The Morgan fingerprint density at radius 1 is 1.05 bits per heavy atom. The Morgan fingerprint density at radius 3 is 2.18 bits per heavy atom.